The number of aliphatic hydroxyl groups is 1. The standard InChI is InChI=1S/C14H27NO3/c1-3-4-8-18-11-14(17)10-15-7-5-6-13(15)9-12(2)16/h13-14,17H,3-11H2,1-2H3. The first-order valence-electron chi connectivity index (χ1n) is 7.12. The second-order valence-corrected chi connectivity index (χ2v) is 5.28. The van der Waals surface area contributed by atoms with Crippen LogP contribution in [0.15, 0.2) is 0 Å². The minimum atomic E-state index is -0.436. The Morgan fingerprint density at radius 3 is 3.00 bits per heavy atom. The second-order valence-electron chi connectivity index (χ2n) is 5.28. The van der Waals surface area contributed by atoms with E-state index >= 15 is 0 Å². The Hall–Kier alpha value is -0.450. The summed E-state index contributed by atoms with van der Waals surface area (Å²) in [5.41, 5.74) is 0. The van der Waals surface area contributed by atoms with Crippen LogP contribution in [-0.4, -0.2) is 54.2 Å². The molecule has 0 bridgehead atoms. The lowest BCUT2D eigenvalue weighted by molar-refractivity contribution is -0.118. The van der Waals surface area contributed by atoms with E-state index in [9.17, 15) is 9.90 Å². The molecule has 0 aromatic carbocycles. The van der Waals surface area contributed by atoms with Gasteiger partial charge in [0.25, 0.3) is 0 Å². The van der Waals surface area contributed by atoms with Gasteiger partial charge in [0.2, 0.25) is 0 Å². The highest BCUT2D eigenvalue weighted by Crippen LogP contribution is 2.20. The van der Waals surface area contributed by atoms with E-state index < -0.39 is 6.10 Å². The maximum Gasteiger partial charge on any atom is 0.131 e. The van der Waals surface area contributed by atoms with Gasteiger partial charge in [0, 0.05) is 25.6 Å². The number of unbranched alkanes of at least 4 members (excludes halogenated alkanes) is 1. The van der Waals surface area contributed by atoms with Crippen LogP contribution in [-0.2, 0) is 9.53 Å². The van der Waals surface area contributed by atoms with Crippen LogP contribution in [0.5, 0.6) is 0 Å². The number of carbonyl (C=O) groups excluding carboxylic acids is 1. The molecule has 106 valence electrons. The Labute approximate surface area is 110 Å². The van der Waals surface area contributed by atoms with E-state index in [2.05, 4.69) is 11.8 Å². The van der Waals surface area contributed by atoms with Gasteiger partial charge in [0.15, 0.2) is 0 Å². The number of ether oxygens (including phenoxy) is 1. The van der Waals surface area contributed by atoms with Crippen molar-refractivity contribution in [1.82, 2.24) is 4.90 Å². The van der Waals surface area contributed by atoms with Gasteiger partial charge in [-0.15, -0.1) is 0 Å². The monoisotopic (exact) mass is 257 g/mol. The average molecular weight is 257 g/mol. The molecule has 4 nitrogen and oxygen atoms in total. The first kappa shape index (κ1) is 15.6. The second kappa shape index (κ2) is 8.62. The van der Waals surface area contributed by atoms with Crippen molar-refractivity contribution in [2.45, 2.75) is 58.1 Å². The van der Waals surface area contributed by atoms with Gasteiger partial charge in [0.05, 0.1) is 12.7 Å². The molecule has 1 saturated heterocycles. The van der Waals surface area contributed by atoms with E-state index in [0.29, 0.717) is 25.6 Å². The van der Waals surface area contributed by atoms with Gasteiger partial charge < -0.3 is 9.84 Å². The summed E-state index contributed by atoms with van der Waals surface area (Å²) < 4.78 is 5.42. The Bertz CT molecular complexity index is 245. The van der Waals surface area contributed by atoms with Gasteiger partial charge in [-0.2, -0.15) is 0 Å². The van der Waals surface area contributed by atoms with Crippen molar-refractivity contribution in [3.8, 4) is 0 Å². The molecule has 2 unspecified atom stereocenters. The minimum Gasteiger partial charge on any atom is -0.389 e. The quantitative estimate of drug-likeness (QED) is 0.638. The fourth-order valence-electron chi connectivity index (χ4n) is 2.49. The Kier molecular flexibility index (Phi) is 7.47. The minimum absolute atomic E-state index is 0.237. The van der Waals surface area contributed by atoms with Crippen LogP contribution in [0.4, 0.5) is 0 Å². The normalized spacial score (nSPS) is 22.3. The highest BCUT2D eigenvalue weighted by Gasteiger charge is 2.26. The third-order valence-corrected chi connectivity index (χ3v) is 3.42. The zero-order valence-corrected chi connectivity index (χ0v) is 11.7. The maximum absolute atomic E-state index is 11.2. The number of hydrogen-bond donors (Lipinski definition) is 1. The zero-order valence-electron chi connectivity index (χ0n) is 11.7. The number of β-amino-alcohol motifs (C(OH)–C–C–N with tert-alkyl or cyclic N) is 1. The lowest BCUT2D eigenvalue weighted by Crippen LogP contribution is -2.39. The maximum atomic E-state index is 11.2. The summed E-state index contributed by atoms with van der Waals surface area (Å²) in [4.78, 5) is 13.4. The molecule has 0 aliphatic carbocycles. The first-order chi connectivity index (χ1) is 8.63. The molecule has 1 heterocycles. The van der Waals surface area contributed by atoms with Crippen LogP contribution in [0, 0.1) is 0 Å². The van der Waals surface area contributed by atoms with Crippen LogP contribution in [0.1, 0.15) is 46.0 Å². The summed E-state index contributed by atoms with van der Waals surface area (Å²) in [6.07, 6.45) is 4.54. The molecule has 2 atom stereocenters. The molecule has 0 amide bonds. The molecule has 0 saturated carbocycles. The Balaban J connectivity index is 2.21. The molecular weight excluding hydrogens is 230 g/mol. The first-order valence-corrected chi connectivity index (χ1v) is 7.12. The fraction of sp³-hybridized carbons (Fsp3) is 0.929. The van der Waals surface area contributed by atoms with E-state index in [4.69, 9.17) is 4.74 Å². The number of nitrogens with zero attached hydrogens (tertiary/aromatic N) is 1. The van der Waals surface area contributed by atoms with E-state index in [-0.39, 0.29) is 5.78 Å². The molecule has 0 spiro atoms. The van der Waals surface area contributed by atoms with E-state index in [0.717, 1.165) is 38.8 Å². The van der Waals surface area contributed by atoms with Crippen LogP contribution < -0.4 is 0 Å². The predicted octanol–water partition coefficient (Wildman–Crippen LogP) is 1.61. The van der Waals surface area contributed by atoms with E-state index in [1.807, 2.05) is 0 Å². The number of rotatable bonds is 9. The molecular formula is C14H27NO3. The highest BCUT2D eigenvalue weighted by molar-refractivity contribution is 5.76. The van der Waals surface area contributed by atoms with E-state index in [1.165, 1.54) is 0 Å². The smallest absolute Gasteiger partial charge is 0.131 e. The van der Waals surface area contributed by atoms with Gasteiger partial charge in [-0.25, -0.2) is 0 Å². The average Bonchev–Trinajstić information content (AvgIpc) is 2.71. The SMILES string of the molecule is CCCCOCC(O)CN1CCCC1CC(C)=O. The number of likely N-dealkylation sites (tertiary alicyclic amines) is 1. The summed E-state index contributed by atoms with van der Waals surface area (Å²) in [6, 6.07) is 0.327. The number of Topliss-reactive ketones (excluding diaryl/α,β-unsaturated/α-hetero) is 1. The third-order valence-electron chi connectivity index (χ3n) is 3.42. The molecule has 1 aliphatic heterocycles. The lowest BCUT2D eigenvalue weighted by Gasteiger charge is -2.26. The topological polar surface area (TPSA) is 49.8 Å². The summed E-state index contributed by atoms with van der Waals surface area (Å²) >= 11 is 0. The highest BCUT2D eigenvalue weighted by atomic mass is 16.5. The van der Waals surface area contributed by atoms with Gasteiger partial charge in [-0.05, 0) is 32.7 Å². The fourth-order valence-corrected chi connectivity index (χ4v) is 2.49. The summed E-state index contributed by atoms with van der Waals surface area (Å²) in [5.74, 6) is 0.237. The van der Waals surface area contributed by atoms with Crippen LogP contribution in [0.3, 0.4) is 0 Å². The number of aliphatic hydroxyl groups excluding tert-OH is 1. The summed E-state index contributed by atoms with van der Waals surface area (Å²) in [5, 5.41) is 9.91. The van der Waals surface area contributed by atoms with Crippen molar-refractivity contribution < 1.29 is 14.6 Å². The van der Waals surface area contributed by atoms with Crippen molar-refractivity contribution in [2.75, 3.05) is 26.3 Å². The number of hydrogen-bond acceptors (Lipinski definition) is 4. The van der Waals surface area contributed by atoms with Crippen molar-refractivity contribution in [3.63, 3.8) is 0 Å². The largest absolute Gasteiger partial charge is 0.389 e. The molecule has 0 aromatic rings. The van der Waals surface area contributed by atoms with Crippen molar-refractivity contribution in [1.29, 1.82) is 0 Å². The molecule has 1 N–H and O–H groups in total. The van der Waals surface area contributed by atoms with Crippen LogP contribution in [0.2, 0.25) is 0 Å². The van der Waals surface area contributed by atoms with Gasteiger partial charge in [0.1, 0.15) is 5.78 Å². The molecule has 1 aliphatic rings. The molecule has 18 heavy (non-hydrogen) atoms. The van der Waals surface area contributed by atoms with Gasteiger partial charge >= 0.3 is 0 Å². The summed E-state index contributed by atoms with van der Waals surface area (Å²) in [7, 11) is 0. The Morgan fingerprint density at radius 1 is 1.56 bits per heavy atom. The molecule has 1 fully saturated rings. The Morgan fingerprint density at radius 2 is 2.33 bits per heavy atom. The van der Waals surface area contributed by atoms with E-state index in [1.54, 1.807) is 6.92 Å². The predicted molar refractivity (Wildman–Crippen MR) is 71.6 cm³/mol. The summed E-state index contributed by atoms with van der Waals surface area (Å²) in [6.45, 7) is 6.51. The molecule has 4 heteroatoms. The lowest BCUT2D eigenvalue weighted by atomic mass is 10.1. The number of carbonyl (C=O) groups is 1. The van der Waals surface area contributed by atoms with Gasteiger partial charge in [-0.3, -0.25) is 9.69 Å². The van der Waals surface area contributed by atoms with Crippen LogP contribution in [0.25, 0.3) is 0 Å². The molecule has 0 radical (unpaired) electrons. The number of ketones is 1. The van der Waals surface area contributed by atoms with Crippen LogP contribution >= 0.6 is 0 Å². The van der Waals surface area contributed by atoms with Crippen molar-refractivity contribution in [2.24, 2.45) is 0 Å². The zero-order chi connectivity index (χ0) is 13.4. The van der Waals surface area contributed by atoms with Crippen molar-refractivity contribution >= 4 is 5.78 Å². The van der Waals surface area contributed by atoms with Gasteiger partial charge in [-0.1, -0.05) is 13.3 Å². The molecule has 1 rings (SSSR count). The third kappa shape index (κ3) is 5.94. The molecule has 0 aromatic heterocycles. The van der Waals surface area contributed by atoms with Crippen molar-refractivity contribution in [3.05, 3.63) is 0 Å².